The number of anilines is 2. The molecule has 2 aliphatic rings. The number of hydrogen-bond acceptors (Lipinski definition) is 5. The van der Waals surface area contributed by atoms with E-state index in [0.29, 0.717) is 19.1 Å². The molecule has 21 heavy (non-hydrogen) atoms. The van der Waals surface area contributed by atoms with Crippen LogP contribution in [-0.4, -0.2) is 48.3 Å². The van der Waals surface area contributed by atoms with Gasteiger partial charge in [0.2, 0.25) is 5.95 Å². The van der Waals surface area contributed by atoms with Crippen molar-refractivity contribution in [2.75, 3.05) is 48.9 Å². The first-order valence-electron chi connectivity index (χ1n) is 7.57. The fraction of sp³-hybridized carbons (Fsp3) is 0.714. The Morgan fingerprint density at radius 2 is 2.19 bits per heavy atom. The van der Waals surface area contributed by atoms with Gasteiger partial charge in [-0.3, -0.25) is 9.36 Å². The van der Waals surface area contributed by atoms with Crippen LogP contribution in [0.4, 0.5) is 11.8 Å². The predicted octanol–water partition coefficient (Wildman–Crippen LogP) is 1.07. The summed E-state index contributed by atoms with van der Waals surface area (Å²) in [5, 5.41) is 3.25. The summed E-state index contributed by atoms with van der Waals surface area (Å²) in [4.78, 5) is 19.4. The lowest BCUT2D eigenvalue weighted by Gasteiger charge is -2.32. The highest BCUT2D eigenvalue weighted by Gasteiger charge is 2.24. The maximum absolute atomic E-state index is 12.6. The second-order valence-electron chi connectivity index (χ2n) is 5.37. The first-order valence-corrected chi connectivity index (χ1v) is 8.11. The first-order chi connectivity index (χ1) is 10.3. The topological polar surface area (TPSA) is 59.4 Å². The van der Waals surface area contributed by atoms with Crippen molar-refractivity contribution in [2.24, 2.45) is 0 Å². The number of alkyl halides is 1. The maximum Gasteiger partial charge on any atom is 0.260 e. The third-order valence-corrected chi connectivity index (χ3v) is 4.11. The van der Waals surface area contributed by atoms with E-state index in [0.717, 1.165) is 62.8 Å². The van der Waals surface area contributed by atoms with Crippen molar-refractivity contribution in [1.29, 1.82) is 0 Å². The van der Waals surface area contributed by atoms with Gasteiger partial charge in [0.1, 0.15) is 5.82 Å². The van der Waals surface area contributed by atoms with Crippen molar-refractivity contribution < 1.29 is 4.74 Å². The molecule has 0 saturated heterocycles. The van der Waals surface area contributed by atoms with E-state index in [1.165, 1.54) is 0 Å². The molecule has 2 aliphatic heterocycles. The Balaban J connectivity index is 1.83. The number of aromatic nitrogens is 2. The van der Waals surface area contributed by atoms with Crippen molar-refractivity contribution in [3.8, 4) is 0 Å². The molecule has 0 amide bonds. The summed E-state index contributed by atoms with van der Waals surface area (Å²) in [6.45, 7) is 4.46. The molecule has 1 aromatic rings. The van der Waals surface area contributed by atoms with E-state index in [1.54, 1.807) is 0 Å². The molecule has 7 heteroatoms. The molecule has 0 bridgehead atoms. The third kappa shape index (κ3) is 3.01. The summed E-state index contributed by atoms with van der Waals surface area (Å²) in [5.74, 6) is 2.05. The molecule has 0 unspecified atom stereocenters. The zero-order valence-corrected chi connectivity index (χ0v) is 12.9. The predicted molar refractivity (Wildman–Crippen MR) is 83.7 cm³/mol. The van der Waals surface area contributed by atoms with E-state index in [-0.39, 0.29) is 5.56 Å². The average Bonchev–Trinajstić information content (AvgIpc) is 2.52. The highest BCUT2D eigenvalue weighted by atomic mass is 35.5. The van der Waals surface area contributed by atoms with Gasteiger partial charge in [-0.25, -0.2) is 0 Å². The van der Waals surface area contributed by atoms with Crippen molar-refractivity contribution in [3.05, 3.63) is 15.9 Å². The smallest absolute Gasteiger partial charge is 0.260 e. The van der Waals surface area contributed by atoms with E-state index in [1.807, 2.05) is 4.57 Å². The second-order valence-corrected chi connectivity index (χ2v) is 5.75. The molecule has 3 rings (SSSR count). The zero-order chi connectivity index (χ0) is 14.7. The van der Waals surface area contributed by atoms with E-state index >= 15 is 0 Å². The average molecular weight is 313 g/mol. The van der Waals surface area contributed by atoms with Crippen LogP contribution in [0.2, 0.25) is 0 Å². The Morgan fingerprint density at radius 3 is 3.05 bits per heavy atom. The fourth-order valence-corrected chi connectivity index (χ4v) is 3.04. The normalized spacial score (nSPS) is 17.1. The Labute approximate surface area is 129 Å². The largest absolute Gasteiger partial charge is 0.378 e. The number of rotatable bonds is 5. The van der Waals surface area contributed by atoms with Gasteiger partial charge < -0.3 is 15.0 Å². The number of halogens is 1. The lowest BCUT2D eigenvalue weighted by Crippen LogP contribution is -2.42. The third-order valence-electron chi connectivity index (χ3n) is 3.96. The molecule has 1 N–H and O–H groups in total. The lowest BCUT2D eigenvalue weighted by atomic mass is 10.1. The van der Waals surface area contributed by atoms with Crippen LogP contribution >= 0.6 is 11.6 Å². The summed E-state index contributed by atoms with van der Waals surface area (Å²) in [7, 11) is 0. The Morgan fingerprint density at radius 1 is 1.29 bits per heavy atom. The minimum atomic E-state index is 0.119. The van der Waals surface area contributed by atoms with Crippen LogP contribution in [-0.2, 0) is 17.7 Å². The van der Waals surface area contributed by atoms with Crippen LogP contribution in [0.5, 0.6) is 0 Å². The fourth-order valence-electron chi connectivity index (χ4n) is 2.93. The molecule has 116 valence electrons. The van der Waals surface area contributed by atoms with Crippen LogP contribution in [0.15, 0.2) is 4.79 Å². The van der Waals surface area contributed by atoms with Gasteiger partial charge in [0, 0.05) is 32.1 Å². The maximum atomic E-state index is 12.6. The van der Waals surface area contributed by atoms with E-state index in [2.05, 4.69) is 10.2 Å². The standard InChI is InChI=1S/C14H21ClN4O2/c15-4-9-21-10-8-18-6-2-7-19-13(20)11-3-1-5-16-12(11)17-14(18)19/h16H,1-10H2. The SMILES string of the molecule is O=c1c2c(nc3n1CCCN3CCOCCCl)NCCC2. The monoisotopic (exact) mass is 312 g/mol. The van der Waals surface area contributed by atoms with Gasteiger partial charge in [0.15, 0.2) is 0 Å². The lowest BCUT2D eigenvalue weighted by molar-refractivity contribution is 0.154. The van der Waals surface area contributed by atoms with Crippen molar-refractivity contribution in [3.63, 3.8) is 0 Å². The molecule has 1 aromatic heterocycles. The molecular weight excluding hydrogens is 292 g/mol. The quantitative estimate of drug-likeness (QED) is 0.651. The molecule has 0 aromatic carbocycles. The summed E-state index contributed by atoms with van der Waals surface area (Å²) in [6.07, 6.45) is 2.79. The summed E-state index contributed by atoms with van der Waals surface area (Å²) in [5.41, 5.74) is 0.957. The molecule has 0 radical (unpaired) electrons. The van der Waals surface area contributed by atoms with Gasteiger partial charge in [0.05, 0.1) is 18.8 Å². The van der Waals surface area contributed by atoms with Crippen LogP contribution < -0.4 is 15.8 Å². The Hall–Kier alpha value is -1.27. The molecular formula is C14H21ClN4O2. The molecule has 0 saturated carbocycles. The van der Waals surface area contributed by atoms with Gasteiger partial charge in [0.25, 0.3) is 5.56 Å². The number of fused-ring (bicyclic) bond motifs is 2. The van der Waals surface area contributed by atoms with Crippen molar-refractivity contribution in [2.45, 2.75) is 25.8 Å². The molecule has 0 atom stereocenters. The summed E-state index contributed by atoms with van der Waals surface area (Å²) < 4.78 is 7.26. The highest BCUT2D eigenvalue weighted by molar-refractivity contribution is 6.17. The molecule has 0 spiro atoms. The number of nitrogens with zero attached hydrogens (tertiary/aromatic N) is 3. The number of hydrogen-bond donors (Lipinski definition) is 1. The number of nitrogens with one attached hydrogen (secondary N) is 1. The summed E-state index contributed by atoms with van der Waals surface area (Å²) >= 11 is 5.60. The van der Waals surface area contributed by atoms with Gasteiger partial charge in [-0.1, -0.05) is 0 Å². The van der Waals surface area contributed by atoms with Gasteiger partial charge >= 0.3 is 0 Å². The van der Waals surface area contributed by atoms with E-state index in [4.69, 9.17) is 21.3 Å². The Kier molecular flexibility index (Phi) is 4.65. The summed E-state index contributed by atoms with van der Waals surface area (Å²) in [6, 6.07) is 0. The van der Waals surface area contributed by atoms with Crippen molar-refractivity contribution >= 4 is 23.4 Å². The zero-order valence-electron chi connectivity index (χ0n) is 12.1. The molecule has 0 fully saturated rings. The van der Waals surface area contributed by atoms with Gasteiger partial charge in [-0.05, 0) is 19.3 Å². The minimum absolute atomic E-state index is 0.119. The van der Waals surface area contributed by atoms with Gasteiger partial charge in [-0.2, -0.15) is 4.98 Å². The van der Waals surface area contributed by atoms with Gasteiger partial charge in [-0.15, -0.1) is 11.6 Å². The molecule has 6 nitrogen and oxygen atoms in total. The van der Waals surface area contributed by atoms with Crippen LogP contribution in [0.25, 0.3) is 0 Å². The number of ether oxygens (including phenoxy) is 1. The van der Waals surface area contributed by atoms with E-state index < -0.39 is 0 Å². The molecule has 0 aliphatic carbocycles. The highest BCUT2D eigenvalue weighted by Crippen LogP contribution is 2.23. The second kappa shape index (κ2) is 6.66. The first kappa shape index (κ1) is 14.7. The Bertz CT molecular complexity index is 561. The van der Waals surface area contributed by atoms with Crippen LogP contribution in [0.1, 0.15) is 18.4 Å². The molecule has 3 heterocycles. The minimum Gasteiger partial charge on any atom is -0.378 e. The van der Waals surface area contributed by atoms with Crippen LogP contribution in [0.3, 0.4) is 0 Å². The van der Waals surface area contributed by atoms with Crippen molar-refractivity contribution in [1.82, 2.24) is 9.55 Å². The van der Waals surface area contributed by atoms with Crippen LogP contribution in [0, 0.1) is 0 Å². The van der Waals surface area contributed by atoms with E-state index in [9.17, 15) is 4.79 Å².